The Hall–Kier alpha value is -3.51. The van der Waals surface area contributed by atoms with Gasteiger partial charge in [0.25, 0.3) is 11.8 Å². The first kappa shape index (κ1) is 16.9. The van der Waals surface area contributed by atoms with Crippen molar-refractivity contribution in [2.24, 2.45) is 0 Å². The molecule has 2 heterocycles. The first-order valence-corrected chi connectivity index (χ1v) is 8.49. The fourth-order valence-corrected chi connectivity index (χ4v) is 2.81. The lowest BCUT2D eigenvalue weighted by atomic mass is 10.1. The number of carbonyl (C=O) groups is 1. The van der Waals surface area contributed by atoms with Gasteiger partial charge in [0.1, 0.15) is 0 Å². The van der Waals surface area contributed by atoms with Gasteiger partial charge in [-0.05, 0) is 36.4 Å². The van der Waals surface area contributed by atoms with E-state index in [0.717, 1.165) is 0 Å². The molecule has 7 heteroatoms. The number of aromatic nitrogens is 3. The van der Waals surface area contributed by atoms with E-state index in [0.29, 0.717) is 33.2 Å². The van der Waals surface area contributed by atoms with Gasteiger partial charge in [-0.2, -0.15) is 4.98 Å². The molecule has 2 aromatic carbocycles. The van der Waals surface area contributed by atoms with Gasteiger partial charge in [0.2, 0.25) is 5.82 Å². The first-order chi connectivity index (χ1) is 13.2. The summed E-state index contributed by atoms with van der Waals surface area (Å²) in [6, 6.07) is 17.7. The number of hydrogen-bond acceptors (Lipinski definition) is 5. The predicted octanol–water partition coefficient (Wildman–Crippen LogP) is 4.70. The van der Waals surface area contributed by atoms with E-state index in [2.05, 4.69) is 20.4 Å². The molecule has 0 saturated heterocycles. The smallest absolute Gasteiger partial charge is 0.259 e. The van der Waals surface area contributed by atoms with E-state index >= 15 is 0 Å². The van der Waals surface area contributed by atoms with Gasteiger partial charge >= 0.3 is 0 Å². The third-order valence-electron chi connectivity index (χ3n) is 3.86. The summed E-state index contributed by atoms with van der Waals surface area (Å²) in [6.07, 6.45) is 3.21. The van der Waals surface area contributed by atoms with Crippen molar-refractivity contribution in [2.45, 2.75) is 0 Å². The number of hydrogen-bond donors (Lipinski definition) is 1. The standard InChI is InChI=1S/C20H13ClN4O2/c21-17-10-4-3-9-16(17)18-24-20(27-25-18)15-8-2-1-7-14(15)19(26)23-13-6-5-11-22-12-13/h1-12H,(H,23,26). The summed E-state index contributed by atoms with van der Waals surface area (Å²) in [5, 5.41) is 7.32. The molecule has 0 saturated carbocycles. The molecule has 0 atom stereocenters. The van der Waals surface area contributed by atoms with Gasteiger partial charge in [-0.3, -0.25) is 9.78 Å². The minimum absolute atomic E-state index is 0.238. The van der Waals surface area contributed by atoms with Crippen LogP contribution in [0.25, 0.3) is 22.8 Å². The molecule has 0 aliphatic heterocycles. The molecule has 2 aromatic heterocycles. The van der Waals surface area contributed by atoms with Crippen LogP contribution in [0.2, 0.25) is 5.02 Å². The van der Waals surface area contributed by atoms with Gasteiger partial charge in [-0.1, -0.05) is 41.0 Å². The molecule has 0 spiro atoms. The summed E-state index contributed by atoms with van der Waals surface area (Å²) in [6.45, 7) is 0. The van der Waals surface area contributed by atoms with Crippen LogP contribution in [0.1, 0.15) is 10.4 Å². The van der Waals surface area contributed by atoms with E-state index in [9.17, 15) is 4.79 Å². The summed E-state index contributed by atoms with van der Waals surface area (Å²) < 4.78 is 5.39. The highest BCUT2D eigenvalue weighted by atomic mass is 35.5. The van der Waals surface area contributed by atoms with E-state index in [1.54, 1.807) is 60.9 Å². The number of nitrogens with one attached hydrogen (secondary N) is 1. The fraction of sp³-hybridized carbons (Fsp3) is 0. The molecule has 132 valence electrons. The van der Waals surface area contributed by atoms with Gasteiger partial charge in [0.15, 0.2) is 0 Å². The van der Waals surface area contributed by atoms with Gasteiger partial charge in [0, 0.05) is 11.8 Å². The van der Waals surface area contributed by atoms with Crippen molar-refractivity contribution in [2.75, 3.05) is 5.32 Å². The SMILES string of the molecule is O=C(Nc1cccnc1)c1ccccc1-c1nc(-c2ccccc2Cl)no1. The number of benzene rings is 2. The Labute approximate surface area is 159 Å². The van der Waals surface area contributed by atoms with Crippen LogP contribution in [-0.2, 0) is 0 Å². The van der Waals surface area contributed by atoms with Crippen molar-refractivity contribution >= 4 is 23.2 Å². The topological polar surface area (TPSA) is 80.9 Å². The number of amides is 1. The third-order valence-corrected chi connectivity index (χ3v) is 4.19. The Morgan fingerprint density at radius 3 is 2.52 bits per heavy atom. The Bertz CT molecular complexity index is 1100. The zero-order valence-corrected chi connectivity index (χ0v) is 14.7. The molecule has 0 radical (unpaired) electrons. The number of halogens is 1. The highest BCUT2D eigenvalue weighted by molar-refractivity contribution is 6.33. The maximum atomic E-state index is 12.7. The van der Waals surface area contributed by atoms with E-state index in [4.69, 9.17) is 16.1 Å². The van der Waals surface area contributed by atoms with Crippen LogP contribution in [0.3, 0.4) is 0 Å². The molecule has 1 amide bonds. The van der Waals surface area contributed by atoms with Crippen molar-refractivity contribution in [1.29, 1.82) is 0 Å². The highest BCUT2D eigenvalue weighted by Gasteiger charge is 2.19. The zero-order chi connectivity index (χ0) is 18.6. The molecule has 6 nitrogen and oxygen atoms in total. The molecular weight excluding hydrogens is 364 g/mol. The lowest BCUT2D eigenvalue weighted by molar-refractivity contribution is 0.102. The maximum absolute atomic E-state index is 12.7. The maximum Gasteiger partial charge on any atom is 0.259 e. The van der Waals surface area contributed by atoms with Crippen molar-refractivity contribution in [3.63, 3.8) is 0 Å². The molecule has 1 N–H and O–H groups in total. The lowest BCUT2D eigenvalue weighted by Crippen LogP contribution is -2.13. The minimum Gasteiger partial charge on any atom is -0.334 e. The van der Waals surface area contributed by atoms with Gasteiger partial charge in [0.05, 0.1) is 28.0 Å². The second kappa shape index (κ2) is 7.39. The van der Waals surface area contributed by atoms with Crippen molar-refractivity contribution in [1.82, 2.24) is 15.1 Å². The Kier molecular flexibility index (Phi) is 4.63. The van der Waals surface area contributed by atoms with Crippen LogP contribution >= 0.6 is 11.6 Å². The normalized spacial score (nSPS) is 10.6. The molecule has 0 aliphatic carbocycles. The van der Waals surface area contributed by atoms with E-state index in [1.807, 2.05) is 12.1 Å². The molecule has 4 aromatic rings. The quantitative estimate of drug-likeness (QED) is 0.558. The number of pyridine rings is 1. The average Bonchev–Trinajstić information content (AvgIpc) is 3.19. The van der Waals surface area contributed by atoms with Gasteiger partial charge in [-0.25, -0.2) is 0 Å². The largest absolute Gasteiger partial charge is 0.334 e. The predicted molar refractivity (Wildman–Crippen MR) is 102 cm³/mol. The Balaban J connectivity index is 1.68. The van der Waals surface area contributed by atoms with Crippen molar-refractivity contribution in [3.05, 3.63) is 83.6 Å². The lowest BCUT2D eigenvalue weighted by Gasteiger charge is -2.07. The molecule has 0 bridgehead atoms. The van der Waals surface area contributed by atoms with Crippen LogP contribution in [-0.4, -0.2) is 21.0 Å². The number of rotatable bonds is 4. The Morgan fingerprint density at radius 1 is 0.963 bits per heavy atom. The second-order valence-corrected chi connectivity index (χ2v) is 6.05. The second-order valence-electron chi connectivity index (χ2n) is 5.64. The molecule has 4 rings (SSSR count). The molecule has 0 unspecified atom stereocenters. The van der Waals surface area contributed by atoms with Crippen LogP contribution in [0.4, 0.5) is 5.69 Å². The Morgan fingerprint density at radius 2 is 1.74 bits per heavy atom. The molecule has 27 heavy (non-hydrogen) atoms. The van der Waals surface area contributed by atoms with Crippen LogP contribution in [0.15, 0.2) is 77.6 Å². The monoisotopic (exact) mass is 376 g/mol. The summed E-state index contributed by atoms with van der Waals surface area (Å²) in [5.41, 5.74) is 2.20. The van der Waals surface area contributed by atoms with Crippen LogP contribution < -0.4 is 5.32 Å². The summed E-state index contributed by atoms with van der Waals surface area (Å²) >= 11 is 6.19. The molecule has 0 aliphatic rings. The number of carbonyl (C=O) groups excluding carboxylic acids is 1. The van der Waals surface area contributed by atoms with Gasteiger partial charge in [-0.15, -0.1) is 0 Å². The zero-order valence-electron chi connectivity index (χ0n) is 14.0. The molecular formula is C20H13ClN4O2. The third kappa shape index (κ3) is 3.56. The molecule has 0 fully saturated rings. The van der Waals surface area contributed by atoms with E-state index in [1.165, 1.54) is 0 Å². The van der Waals surface area contributed by atoms with E-state index < -0.39 is 0 Å². The summed E-state index contributed by atoms with van der Waals surface area (Å²) in [7, 11) is 0. The van der Waals surface area contributed by atoms with Gasteiger partial charge < -0.3 is 9.84 Å². The average molecular weight is 377 g/mol. The fourth-order valence-electron chi connectivity index (χ4n) is 2.59. The summed E-state index contributed by atoms with van der Waals surface area (Å²) in [5.74, 6) is 0.302. The van der Waals surface area contributed by atoms with E-state index in [-0.39, 0.29) is 11.8 Å². The highest BCUT2D eigenvalue weighted by Crippen LogP contribution is 2.29. The summed E-state index contributed by atoms with van der Waals surface area (Å²) in [4.78, 5) is 21.1. The van der Waals surface area contributed by atoms with Crippen LogP contribution in [0.5, 0.6) is 0 Å². The van der Waals surface area contributed by atoms with Crippen LogP contribution in [0, 0.1) is 0 Å². The minimum atomic E-state index is -0.295. The van der Waals surface area contributed by atoms with Crippen molar-refractivity contribution < 1.29 is 9.32 Å². The number of anilines is 1. The number of nitrogens with zero attached hydrogens (tertiary/aromatic N) is 3. The van der Waals surface area contributed by atoms with Crippen molar-refractivity contribution in [3.8, 4) is 22.8 Å². The first-order valence-electron chi connectivity index (χ1n) is 8.12.